The Morgan fingerprint density at radius 1 is 1.17 bits per heavy atom. The molecule has 2 aromatic carbocycles. The molecule has 0 aliphatic carbocycles. The molecule has 0 saturated carbocycles. The number of nitrogens with zero attached hydrogens (tertiary/aromatic N) is 2. The van der Waals surface area contributed by atoms with Gasteiger partial charge in [0.1, 0.15) is 10.6 Å². The van der Waals surface area contributed by atoms with Gasteiger partial charge >= 0.3 is 0 Å². The quantitative estimate of drug-likeness (QED) is 0.830. The van der Waals surface area contributed by atoms with Gasteiger partial charge in [0.15, 0.2) is 5.84 Å². The molecule has 0 bridgehead atoms. The highest BCUT2D eigenvalue weighted by molar-refractivity contribution is 7.90. The van der Waals surface area contributed by atoms with Crippen molar-refractivity contribution < 1.29 is 17.9 Å². The van der Waals surface area contributed by atoms with E-state index in [1.807, 2.05) is 35.2 Å². The molecule has 0 atom stereocenters. The minimum absolute atomic E-state index is 0.0221. The van der Waals surface area contributed by atoms with E-state index < -0.39 is 10.0 Å². The van der Waals surface area contributed by atoms with Gasteiger partial charge < -0.3 is 15.0 Å². The Kier molecular flexibility index (Phi) is 5.27. The van der Waals surface area contributed by atoms with E-state index in [2.05, 4.69) is 9.71 Å². The number of piperidine rings is 1. The van der Waals surface area contributed by atoms with Gasteiger partial charge in [-0.25, -0.2) is 0 Å². The van der Waals surface area contributed by atoms with Gasteiger partial charge in [0.25, 0.3) is 10.0 Å². The van der Waals surface area contributed by atoms with Crippen molar-refractivity contribution in [1.82, 2.24) is 10.2 Å². The van der Waals surface area contributed by atoms with Crippen LogP contribution < -0.4 is 10.1 Å². The topological polar surface area (TPSA) is 88.1 Å². The SMILES string of the molecule is COc1cccc(CNC(=O)C2CCN(C3=NS(=O)(=O)c4ccccc43)CC2)c1. The number of methoxy groups -OCH3 is 1. The molecule has 1 amide bonds. The summed E-state index contributed by atoms with van der Waals surface area (Å²) < 4.78 is 33.7. The number of carbonyl (C=O) groups excluding carboxylic acids is 1. The normalized spacial score (nSPS) is 18.1. The highest BCUT2D eigenvalue weighted by Crippen LogP contribution is 2.29. The summed E-state index contributed by atoms with van der Waals surface area (Å²) in [5, 5.41) is 2.99. The minimum atomic E-state index is -3.62. The zero-order valence-corrected chi connectivity index (χ0v) is 17.0. The Hall–Kier alpha value is -2.87. The second kappa shape index (κ2) is 7.87. The Labute approximate surface area is 170 Å². The van der Waals surface area contributed by atoms with E-state index in [0.29, 0.717) is 43.9 Å². The van der Waals surface area contributed by atoms with E-state index in [1.165, 1.54) is 0 Å². The van der Waals surface area contributed by atoms with Crippen LogP contribution in [-0.2, 0) is 21.4 Å². The Bertz CT molecular complexity index is 1060. The molecule has 2 aliphatic rings. The standard InChI is InChI=1S/C21H23N3O4S/c1-28-17-6-4-5-15(13-17)14-22-21(25)16-9-11-24(12-10-16)20-18-7-2-3-8-19(18)29(26,27)23-20/h2-8,13,16H,9-12,14H2,1H3,(H,22,25). The number of likely N-dealkylation sites (tertiary alicyclic amines) is 1. The molecule has 4 rings (SSSR count). The number of carbonyl (C=O) groups is 1. The number of fused-ring (bicyclic) bond motifs is 1. The van der Waals surface area contributed by atoms with Crippen LogP contribution >= 0.6 is 0 Å². The molecule has 2 heterocycles. The van der Waals surface area contributed by atoms with Gasteiger partial charge in [-0.15, -0.1) is 4.40 Å². The number of rotatable bonds is 4. The smallest absolute Gasteiger partial charge is 0.285 e. The fourth-order valence-electron chi connectivity index (χ4n) is 3.79. The molecule has 1 saturated heterocycles. The second-order valence-corrected chi connectivity index (χ2v) is 8.79. The third kappa shape index (κ3) is 3.98. The lowest BCUT2D eigenvalue weighted by atomic mass is 9.95. The van der Waals surface area contributed by atoms with Crippen LogP contribution in [0.5, 0.6) is 5.75 Å². The van der Waals surface area contributed by atoms with Crippen LogP contribution in [0.4, 0.5) is 0 Å². The maximum absolute atomic E-state index is 12.6. The molecule has 2 aromatic rings. The number of ether oxygens (including phenoxy) is 1. The number of sulfonamides is 1. The van der Waals surface area contributed by atoms with Crippen LogP contribution in [0.25, 0.3) is 0 Å². The Balaban J connectivity index is 1.35. The predicted octanol–water partition coefficient (Wildman–Crippen LogP) is 2.17. The van der Waals surface area contributed by atoms with Gasteiger partial charge in [-0.1, -0.05) is 24.3 Å². The summed E-state index contributed by atoms with van der Waals surface area (Å²) in [4.78, 5) is 14.8. The maximum atomic E-state index is 12.6. The van der Waals surface area contributed by atoms with Crippen LogP contribution in [0.15, 0.2) is 57.8 Å². The third-order valence-electron chi connectivity index (χ3n) is 5.38. The van der Waals surface area contributed by atoms with E-state index in [4.69, 9.17) is 4.74 Å². The molecule has 2 aliphatic heterocycles. The lowest BCUT2D eigenvalue weighted by Gasteiger charge is -2.32. The summed E-state index contributed by atoms with van der Waals surface area (Å²) in [6.45, 7) is 1.65. The fraction of sp³-hybridized carbons (Fsp3) is 0.333. The molecule has 29 heavy (non-hydrogen) atoms. The second-order valence-electron chi connectivity index (χ2n) is 7.22. The molecule has 7 nitrogen and oxygen atoms in total. The molecule has 0 spiro atoms. The molecule has 152 valence electrons. The largest absolute Gasteiger partial charge is 0.497 e. The van der Waals surface area contributed by atoms with Crippen LogP contribution in [0, 0.1) is 5.92 Å². The van der Waals surface area contributed by atoms with Gasteiger partial charge in [0, 0.05) is 31.1 Å². The number of nitrogens with one attached hydrogen (secondary N) is 1. The highest BCUT2D eigenvalue weighted by Gasteiger charge is 2.34. The first-order chi connectivity index (χ1) is 14.0. The zero-order valence-electron chi connectivity index (χ0n) is 16.2. The monoisotopic (exact) mass is 413 g/mol. The lowest BCUT2D eigenvalue weighted by Crippen LogP contribution is -2.42. The molecule has 1 fully saturated rings. The molecular formula is C21H23N3O4S. The van der Waals surface area contributed by atoms with Gasteiger partial charge in [-0.05, 0) is 42.7 Å². The first-order valence-electron chi connectivity index (χ1n) is 9.58. The lowest BCUT2D eigenvalue weighted by molar-refractivity contribution is -0.126. The number of amidine groups is 1. The summed E-state index contributed by atoms with van der Waals surface area (Å²) in [7, 11) is -2.01. The summed E-state index contributed by atoms with van der Waals surface area (Å²) >= 11 is 0. The Morgan fingerprint density at radius 2 is 1.93 bits per heavy atom. The van der Waals surface area contributed by atoms with Gasteiger partial charge in [0.05, 0.1) is 7.11 Å². The van der Waals surface area contributed by atoms with Crippen molar-refractivity contribution in [2.24, 2.45) is 10.3 Å². The van der Waals surface area contributed by atoms with Crippen LogP contribution in [-0.4, -0.2) is 45.3 Å². The Morgan fingerprint density at radius 3 is 2.69 bits per heavy atom. The number of hydrogen-bond donors (Lipinski definition) is 1. The average Bonchev–Trinajstić information content (AvgIpc) is 3.03. The van der Waals surface area contributed by atoms with Gasteiger partial charge in [-0.3, -0.25) is 4.79 Å². The maximum Gasteiger partial charge on any atom is 0.285 e. The van der Waals surface area contributed by atoms with Gasteiger partial charge in [-0.2, -0.15) is 8.42 Å². The highest BCUT2D eigenvalue weighted by atomic mass is 32.2. The summed E-state index contributed by atoms with van der Waals surface area (Å²) in [5.41, 5.74) is 1.63. The van der Waals surface area contributed by atoms with E-state index in [-0.39, 0.29) is 16.7 Å². The fourth-order valence-corrected chi connectivity index (χ4v) is 5.01. The zero-order chi connectivity index (χ0) is 20.4. The van der Waals surface area contributed by atoms with Crippen molar-refractivity contribution in [3.05, 3.63) is 59.7 Å². The molecular weight excluding hydrogens is 390 g/mol. The van der Waals surface area contributed by atoms with Crippen molar-refractivity contribution in [2.45, 2.75) is 24.3 Å². The first-order valence-corrected chi connectivity index (χ1v) is 11.0. The predicted molar refractivity (Wildman–Crippen MR) is 109 cm³/mol. The van der Waals surface area contributed by atoms with Crippen LogP contribution in [0.1, 0.15) is 24.0 Å². The van der Waals surface area contributed by atoms with E-state index in [0.717, 1.165) is 11.3 Å². The van der Waals surface area contributed by atoms with Crippen molar-refractivity contribution in [1.29, 1.82) is 0 Å². The van der Waals surface area contributed by atoms with Crippen LogP contribution in [0.2, 0.25) is 0 Å². The minimum Gasteiger partial charge on any atom is -0.497 e. The molecule has 1 N–H and O–H groups in total. The third-order valence-corrected chi connectivity index (χ3v) is 6.70. The van der Waals surface area contributed by atoms with Crippen molar-refractivity contribution in [2.75, 3.05) is 20.2 Å². The first kappa shape index (κ1) is 19.4. The number of amides is 1. The molecule has 0 unspecified atom stereocenters. The average molecular weight is 413 g/mol. The molecule has 0 aromatic heterocycles. The van der Waals surface area contributed by atoms with E-state index in [1.54, 1.807) is 25.3 Å². The number of benzene rings is 2. The van der Waals surface area contributed by atoms with Crippen LogP contribution in [0.3, 0.4) is 0 Å². The van der Waals surface area contributed by atoms with E-state index in [9.17, 15) is 13.2 Å². The number of hydrogen-bond acceptors (Lipinski definition) is 5. The molecule has 8 heteroatoms. The summed E-state index contributed by atoms with van der Waals surface area (Å²) in [5.74, 6) is 1.19. The van der Waals surface area contributed by atoms with Crippen molar-refractivity contribution >= 4 is 21.8 Å². The summed E-state index contributed by atoms with van der Waals surface area (Å²) in [6, 6.07) is 14.5. The molecule has 0 radical (unpaired) electrons. The van der Waals surface area contributed by atoms with E-state index >= 15 is 0 Å². The van der Waals surface area contributed by atoms with Crippen molar-refractivity contribution in [3.8, 4) is 5.75 Å². The summed E-state index contributed by atoms with van der Waals surface area (Å²) in [6.07, 6.45) is 1.32. The van der Waals surface area contributed by atoms with Gasteiger partial charge in [0.2, 0.25) is 5.91 Å². The van der Waals surface area contributed by atoms with Crippen molar-refractivity contribution in [3.63, 3.8) is 0 Å².